The van der Waals surface area contributed by atoms with Crippen LogP contribution in [0.3, 0.4) is 0 Å². The van der Waals surface area contributed by atoms with Crippen molar-refractivity contribution in [1.82, 2.24) is 10.9 Å². The molecular formula is C14H12F2N2O4S. The minimum atomic E-state index is -3.01. The standard InChI is InChI=1S/C14H12F2N2O4S/c1-21-10-7-8(4-5-9(10)22-14(15)16)12(19)17-18-13(20)11-3-2-6-23-11/h2-7,14H,1H3,(H,17,19)(H,18,20). The van der Waals surface area contributed by atoms with E-state index < -0.39 is 18.4 Å². The van der Waals surface area contributed by atoms with Gasteiger partial charge in [-0.3, -0.25) is 20.4 Å². The first-order valence-corrected chi connectivity index (χ1v) is 7.16. The van der Waals surface area contributed by atoms with Crippen molar-refractivity contribution in [1.29, 1.82) is 0 Å². The second-order valence-corrected chi connectivity index (χ2v) is 5.08. The molecule has 0 unspecified atom stereocenters. The lowest BCUT2D eigenvalue weighted by Gasteiger charge is -2.11. The summed E-state index contributed by atoms with van der Waals surface area (Å²) in [6, 6.07) is 6.98. The van der Waals surface area contributed by atoms with Gasteiger partial charge in [0, 0.05) is 5.56 Å². The van der Waals surface area contributed by atoms with E-state index in [4.69, 9.17) is 4.74 Å². The third kappa shape index (κ3) is 4.39. The molecule has 6 nitrogen and oxygen atoms in total. The Bertz CT molecular complexity index is 692. The molecule has 0 fully saturated rings. The summed E-state index contributed by atoms with van der Waals surface area (Å²) in [6.07, 6.45) is 0. The molecule has 1 aromatic heterocycles. The first-order chi connectivity index (χ1) is 11.0. The fourth-order valence-electron chi connectivity index (χ4n) is 1.66. The number of ether oxygens (including phenoxy) is 2. The highest BCUT2D eigenvalue weighted by molar-refractivity contribution is 7.12. The molecule has 0 bridgehead atoms. The summed E-state index contributed by atoms with van der Waals surface area (Å²) in [5, 5.41) is 1.73. The number of alkyl halides is 2. The number of halogens is 2. The van der Waals surface area contributed by atoms with Gasteiger partial charge in [-0.05, 0) is 29.6 Å². The van der Waals surface area contributed by atoms with Gasteiger partial charge in [0.1, 0.15) is 0 Å². The number of rotatable bonds is 5. The summed E-state index contributed by atoms with van der Waals surface area (Å²) in [4.78, 5) is 24.1. The van der Waals surface area contributed by atoms with Gasteiger partial charge in [-0.1, -0.05) is 6.07 Å². The lowest BCUT2D eigenvalue weighted by molar-refractivity contribution is -0.0512. The average Bonchev–Trinajstić information content (AvgIpc) is 3.06. The number of thiophene rings is 1. The molecule has 2 N–H and O–H groups in total. The highest BCUT2D eigenvalue weighted by Crippen LogP contribution is 2.29. The molecule has 23 heavy (non-hydrogen) atoms. The molecule has 1 aromatic carbocycles. The second-order valence-electron chi connectivity index (χ2n) is 4.13. The normalized spacial score (nSPS) is 10.3. The van der Waals surface area contributed by atoms with E-state index in [9.17, 15) is 18.4 Å². The summed E-state index contributed by atoms with van der Waals surface area (Å²) in [5.74, 6) is -1.31. The van der Waals surface area contributed by atoms with Gasteiger partial charge in [-0.25, -0.2) is 0 Å². The highest BCUT2D eigenvalue weighted by atomic mass is 32.1. The quantitative estimate of drug-likeness (QED) is 0.818. The van der Waals surface area contributed by atoms with E-state index in [2.05, 4.69) is 15.6 Å². The molecule has 2 amide bonds. The third-order valence-corrected chi connectivity index (χ3v) is 3.55. The number of hydrazine groups is 1. The largest absolute Gasteiger partial charge is 0.493 e. The zero-order valence-electron chi connectivity index (χ0n) is 11.8. The predicted octanol–water partition coefficient (Wildman–Crippen LogP) is 2.43. The molecule has 2 rings (SSSR count). The minimum Gasteiger partial charge on any atom is -0.493 e. The Balaban J connectivity index is 2.03. The van der Waals surface area contributed by atoms with E-state index in [1.165, 1.54) is 36.6 Å². The number of methoxy groups -OCH3 is 1. The fourth-order valence-corrected chi connectivity index (χ4v) is 2.28. The minimum absolute atomic E-state index is 0.0254. The SMILES string of the molecule is COc1cc(C(=O)NNC(=O)c2cccs2)ccc1OC(F)F. The van der Waals surface area contributed by atoms with E-state index in [0.29, 0.717) is 4.88 Å². The number of carbonyl (C=O) groups is 2. The Labute approximate surface area is 134 Å². The molecule has 0 saturated heterocycles. The Morgan fingerprint density at radius 3 is 2.48 bits per heavy atom. The molecule has 0 spiro atoms. The van der Waals surface area contributed by atoms with Crippen LogP contribution in [0.15, 0.2) is 35.7 Å². The van der Waals surface area contributed by atoms with Crippen molar-refractivity contribution in [3.63, 3.8) is 0 Å². The van der Waals surface area contributed by atoms with Crippen molar-refractivity contribution in [2.75, 3.05) is 7.11 Å². The smallest absolute Gasteiger partial charge is 0.387 e. The molecule has 0 atom stereocenters. The van der Waals surface area contributed by atoms with Gasteiger partial charge in [0.05, 0.1) is 12.0 Å². The van der Waals surface area contributed by atoms with Crippen molar-refractivity contribution in [3.8, 4) is 11.5 Å². The van der Waals surface area contributed by atoms with Crippen LogP contribution in [0.5, 0.6) is 11.5 Å². The van der Waals surface area contributed by atoms with Crippen LogP contribution in [-0.4, -0.2) is 25.5 Å². The van der Waals surface area contributed by atoms with Crippen LogP contribution >= 0.6 is 11.3 Å². The van der Waals surface area contributed by atoms with Crippen molar-refractivity contribution >= 4 is 23.2 Å². The summed E-state index contributed by atoms with van der Waals surface area (Å²) in [6.45, 7) is -3.01. The molecule has 1 heterocycles. The number of hydrogen-bond donors (Lipinski definition) is 2. The maximum atomic E-state index is 12.2. The molecule has 0 aliphatic rings. The zero-order valence-corrected chi connectivity index (χ0v) is 12.7. The van der Waals surface area contributed by atoms with Crippen molar-refractivity contribution in [3.05, 3.63) is 46.2 Å². The lowest BCUT2D eigenvalue weighted by Crippen LogP contribution is -2.41. The summed E-state index contributed by atoms with van der Waals surface area (Å²) >= 11 is 1.22. The van der Waals surface area contributed by atoms with Gasteiger partial charge in [-0.2, -0.15) is 8.78 Å². The summed E-state index contributed by atoms with van der Waals surface area (Å²) < 4.78 is 33.6. The molecular weight excluding hydrogens is 330 g/mol. The molecule has 0 radical (unpaired) electrons. The van der Waals surface area contributed by atoms with Crippen LogP contribution < -0.4 is 20.3 Å². The van der Waals surface area contributed by atoms with Gasteiger partial charge in [0.15, 0.2) is 11.5 Å². The van der Waals surface area contributed by atoms with E-state index in [1.54, 1.807) is 17.5 Å². The van der Waals surface area contributed by atoms with Gasteiger partial charge in [0.25, 0.3) is 11.8 Å². The van der Waals surface area contributed by atoms with Crippen LogP contribution in [0.25, 0.3) is 0 Å². The zero-order chi connectivity index (χ0) is 16.8. The van der Waals surface area contributed by atoms with Crippen LogP contribution in [0.2, 0.25) is 0 Å². The van der Waals surface area contributed by atoms with E-state index in [0.717, 1.165) is 0 Å². The Kier molecular flexibility index (Phi) is 5.47. The maximum Gasteiger partial charge on any atom is 0.387 e. The Morgan fingerprint density at radius 1 is 1.13 bits per heavy atom. The van der Waals surface area contributed by atoms with Gasteiger partial charge in [-0.15, -0.1) is 11.3 Å². The molecule has 0 saturated carbocycles. The lowest BCUT2D eigenvalue weighted by atomic mass is 10.2. The second kappa shape index (κ2) is 7.54. The molecule has 122 valence electrons. The van der Waals surface area contributed by atoms with Crippen molar-refractivity contribution in [2.45, 2.75) is 6.61 Å². The van der Waals surface area contributed by atoms with Crippen LogP contribution in [-0.2, 0) is 0 Å². The van der Waals surface area contributed by atoms with Crippen LogP contribution in [0.4, 0.5) is 8.78 Å². The number of benzene rings is 1. The van der Waals surface area contributed by atoms with E-state index in [1.807, 2.05) is 0 Å². The van der Waals surface area contributed by atoms with Gasteiger partial charge in [0.2, 0.25) is 0 Å². The first-order valence-electron chi connectivity index (χ1n) is 6.28. The summed E-state index contributed by atoms with van der Waals surface area (Å²) in [5.41, 5.74) is 4.58. The van der Waals surface area contributed by atoms with Crippen LogP contribution in [0, 0.1) is 0 Å². The van der Waals surface area contributed by atoms with E-state index >= 15 is 0 Å². The predicted molar refractivity (Wildman–Crippen MR) is 78.9 cm³/mol. The molecule has 2 aromatic rings. The van der Waals surface area contributed by atoms with Gasteiger partial charge < -0.3 is 9.47 Å². The number of nitrogens with one attached hydrogen (secondary N) is 2. The van der Waals surface area contributed by atoms with Crippen molar-refractivity contribution in [2.24, 2.45) is 0 Å². The maximum absolute atomic E-state index is 12.2. The Hall–Kier alpha value is -2.68. The van der Waals surface area contributed by atoms with Crippen molar-refractivity contribution < 1.29 is 27.8 Å². The first kappa shape index (κ1) is 16.7. The molecule has 9 heteroatoms. The third-order valence-electron chi connectivity index (χ3n) is 2.68. The van der Waals surface area contributed by atoms with Gasteiger partial charge >= 0.3 is 6.61 Å². The molecule has 0 aliphatic heterocycles. The topological polar surface area (TPSA) is 76.7 Å². The monoisotopic (exact) mass is 342 g/mol. The number of carbonyl (C=O) groups excluding carboxylic acids is 2. The summed E-state index contributed by atoms with van der Waals surface area (Å²) in [7, 11) is 1.26. The fraction of sp³-hybridized carbons (Fsp3) is 0.143. The number of amides is 2. The molecule has 0 aliphatic carbocycles. The Morgan fingerprint density at radius 2 is 1.87 bits per heavy atom. The average molecular weight is 342 g/mol. The van der Waals surface area contributed by atoms with Crippen LogP contribution in [0.1, 0.15) is 20.0 Å². The number of hydrogen-bond acceptors (Lipinski definition) is 5. The van der Waals surface area contributed by atoms with E-state index in [-0.39, 0.29) is 17.1 Å². The highest BCUT2D eigenvalue weighted by Gasteiger charge is 2.15.